The predicted octanol–water partition coefficient (Wildman–Crippen LogP) is 4.16. The average molecular weight is 299 g/mol. The third kappa shape index (κ3) is 2.45. The Morgan fingerprint density at radius 1 is 1.14 bits per heavy atom. The highest BCUT2D eigenvalue weighted by molar-refractivity contribution is 6.31. The third-order valence-corrected chi connectivity index (χ3v) is 3.77. The van der Waals surface area contributed by atoms with Crippen LogP contribution < -0.4 is 5.69 Å². The maximum absolute atomic E-state index is 12.3. The molecule has 106 valence electrons. The minimum atomic E-state index is -0.280. The van der Waals surface area contributed by atoms with Crippen LogP contribution in [0.3, 0.4) is 0 Å². The van der Waals surface area contributed by atoms with Crippen molar-refractivity contribution in [1.82, 2.24) is 9.55 Å². The first-order valence-electron chi connectivity index (χ1n) is 6.84. The van der Waals surface area contributed by atoms with Crippen molar-refractivity contribution >= 4 is 22.5 Å². The zero-order chi connectivity index (χ0) is 15.0. The normalized spacial score (nSPS) is 11.2. The van der Waals surface area contributed by atoms with E-state index in [9.17, 15) is 4.79 Å². The summed E-state index contributed by atoms with van der Waals surface area (Å²) in [6.45, 7) is 4.22. The van der Waals surface area contributed by atoms with Crippen LogP contribution in [0.1, 0.15) is 25.3 Å². The van der Waals surface area contributed by atoms with Crippen LogP contribution in [0.25, 0.3) is 16.6 Å². The van der Waals surface area contributed by atoms with Crippen molar-refractivity contribution in [3.8, 4) is 5.69 Å². The van der Waals surface area contributed by atoms with E-state index in [1.807, 2.05) is 36.4 Å². The molecule has 0 fully saturated rings. The molecular weight excluding hydrogens is 284 g/mol. The molecule has 0 aliphatic rings. The summed E-state index contributed by atoms with van der Waals surface area (Å²) in [5.74, 6) is 0.315. The number of halogens is 1. The molecule has 2 aromatic carbocycles. The highest BCUT2D eigenvalue weighted by Gasteiger charge is 2.12. The fraction of sp³-hybridized carbons (Fsp3) is 0.176. The largest absolute Gasteiger partial charge is 0.352 e. The molecule has 3 nitrogen and oxygen atoms in total. The van der Waals surface area contributed by atoms with Crippen molar-refractivity contribution < 1.29 is 0 Å². The van der Waals surface area contributed by atoms with Gasteiger partial charge in [-0.3, -0.25) is 4.57 Å². The average Bonchev–Trinajstić information content (AvgIpc) is 2.47. The molecule has 3 aromatic rings. The lowest BCUT2D eigenvalue weighted by atomic mass is 10.0. The van der Waals surface area contributed by atoms with Gasteiger partial charge in [-0.15, -0.1) is 0 Å². The van der Waals surface area contributed by atoms with E-state index in [4.69, 9.17) is 11.6 Å². The van der Waals surface area contributed by atoms with Crippen molar-refractivity contribution in [3.63, 3.8) is 0 Å². The van der Waals surface area contributed by atoms with E-state index in [1.54, 1.807) is 16.8 Å². The topological polar surface area (TPSA) is 34.9 Å². The van der Waals surface area contributed by atoms with Gasteiger partial charge in [-0.05, 0) is 35.7 Å². The SMILES string of the molecule is CC(C)c1ccccc1-n1c(=O)ncc2cc(Cl)ccc21. The Morgan fingerprint density at radius 2 is 1.90 bits per heavy atom. The van der Waals surface area contributed by atoms with Gasteiger partial charge >= 0.3 is 5.69 Å². The van der Waals surface area contributed by atoms with E-state index in [-0.39, 0.29) is 5.69 Å². The van der Waals surface area contributed by atoms with Crippen molar-refractivity contribution in [2.45, 2.75) is 19.8 Å². The van der Waals surface area contributed by atoms with Crippen LogP contribution in [0.4, 0.5) is 0 Å². The number of aromatic nitrogens is 2. The second-order valence-electron chi connectivity index (χ2n) is 5.29. The van der Waals surface area contributed by atoms with Gasteiger partial charge in [0.1, 0.15) is 0 Å². The van der Waals surface area contributed by atoms with E-state index in [0.717, 1.165) is 22.2 Å². The van der Waals surface area contributed by atoms with Crippen LogP contribution in [-0.2, 0) is 0 Å². The molecule has 0 saturated carbocycles. The monoisotopic (exact) mass is 298 g/mol. The summed E-state index contributed by atoms with van der Waals surface area (Å²) in [4.78, 5) is 16.3. The molecule has 0 aliphatic carbocycles. The molecule has 0 spiro atoms. The summed E-state index contributed by atoms with van der Waals surface area (Å²) in [6, 6.07) is 13.4. The second kappa shape index (κ2) is 5.34. The number of para-hydroxylation sites is 1. The van der Waals surface area contributed by atoms with Crippen LogP contribution in [0.5, 0.6) is 0 Å². The van der Waals surface area contributed by atoms with E-state index in [0.29, 0.717) is 10.9 Å². The van der Waals surface area contributed by atoms with E-state index in [2.05, 4.69) is 18.8 Å². The van der Waals surface area contributed by atoms with Gasteiger partial charge in [0.05, 0.1) is 11.2 Å². The second-order valence-corrected chi connectivity index (χ2v) is 5.73. The van der Waals surface area contributed by atoms with Crippen molar-refractivity contribution in [2.75, 3.05) is 0 Å². The van der Waals surface area contributed by atoms with Crippen LogP contribution >= 0.6 is 11.6 Å². The Hall–Kier alpha value is -2.13. The third-order valence-electron chi connectivity index (χ3n) is 3.54. The Morgan fingerprint density at radius 3 is 2.67 bits per heavy atom. The van der Waals surface area contributed by atoms with Gasteiger partial charge in [0.25, 0.3) is 0 Å². The molecule has 0 saturated heterocycles. The molecule has 1 aromatic heterocycles. The van der Waals surface area contributed by atoms with Crippen molar-refractivity contribution in [3.05, 3.63) is 69.7 Å². The molecule has 0 aliphatic heterocycles. The van der Waals surface area contributed by atoms with Gasteiger partial charge in [0.2, 0.25) is 0 Å². The summed E-state index contributed by atoms with van der Waals surface area (Å²) in [5.41, 5.74) is 2.52. The smallest absolute Gasteiger partial charge is 0.260 e. The number of rotatable bonds is 2. The number of fused-ring (bicyclic) bond motifs is 1. The Labute approximate surface area is 127 Å². The van der Waals surface area contributed by atoms with E-state index >= 15 is 0 Å². The quantitative estimate of drug-likeness (QED) is 0.712. The lowest BCUT2D eigenvalue weighted by Gasteiger charge is -2.16. The number of nitrogens with zero attached hydrogens (tertiary/aromatic N) is 2. The predicted molar refractivity (Wildman–Crippen MR) is 86.4 cm³/mol. The Balaban J connectivity index is 2.40. The number of benzene rings is 2. The van der Waals surface area contributed by atoms with Gasteiger partial charge in [0.15, 0.2) is 0 Å². The first kappa shape index (κ1) is 13.8. The molecule has 0 bridgehead atoms. The summed E-state index contributed by atoms with van der Waals surface area (Å²) in [7, 11) is 0. The van der Waals surface area contributed by atoms with Crippen LogP contribution in [-0.4, -0.2) is 9.55 Å². The maximum Gasteiger partial charge on any atom is 0.352 e. The van der Waals surface area contributed by atoms with Gasteiger partial charge < -0.3 is 0 Å². The number of hydrogen-bond donors (Lipinski definition) is 0. The summed E-state index contributed by atoms with van der Waals surface area (Å²) >= 11 is 6.02. The summed E-state index contributed by atoms with van der Waals surface area (Å²) < 4.78 is 1.65. The van der Waals surface area contributed by atoms with Gasteiger partial charge in [-0.1, -0.05) is 43.6 Å². The zero-order valence-electron chi connectivity index (χ0n) is 11.9. The maximum atomic E-state index is 12.3. The lowest BCUT2D eigenvalue weighted by molar-refractivity contribution is 0.837. The van der Waals surface area contributed by atoms with Gasteiger partial charge in [-0.2, -0.15) is 0 Å². The Bertz CT molecular complexity index is 868. The molecule has 3 rings (SSSR count). The highest BCUT2D eigenvalue weighted by atomic mass is 35.5. The molecular formula is C17H15ClN2O. The summed E-state index contributed by atoms with van der Waals surface area (Å²) in [6.07, 6.45) is 1.57. The van der Waals surface area contributed by atoms with E-state index in [1.165, 1.54) is 0 Å². The van der Waals surface area contributed by atoms with Gasteiger partial charge in [0, 0.05) is 16.6 Å². The summed E-state index contributed by atoms with van der Waals surface area (Å²) in [5, 5.41) is 1.48. The minimum Gasteiger partial charge on any atom is -0.260 e. The molecule has 0 N–H and O–H groups in total. The molecule has 0 radical (unpaired) electrons. The van der Waals surface area contributed by atoms with Gasteiger partial charge in [-0.25, -0.2) is 9.78 Å². The molecule has 1 heterocycles. The Kier molecular flexibility index (Phi) is 3.52. The number of hydrogen-bond acceptors (Lipinski definition) is 2. The fourth-order valence-electron chi connectivity index (χ4n) is 2.53. The first-order valence-corrected chi connectivity index (χ1v) is 7.22. The molecule has 21 heavy (non-hydrogen) atoms. The van der Waals surface area contributed by atoms with E-state index < -0.39 is 0 Å². The van der Waals surface area contributed by atoms with Crippen LogP contribution in [0, 0.1) is 0 Å². The molecule has 0 atom stereocenters. The fourth-order valence-corrected chi connectivity index (χ4v) is 2.71. The molecule has 0 amide bonds. The zero-order valence-corrected chi connectivity index (χ0v) is 12.6. The molecule has 4 heteroatoms. The minimum absolute atomic E-state index is 0.280. The van der Waals surface area contributed by atoms with Crippen LogP contribution in [0.15, 0.2) is 53.5 Å². The standard InChI is InChI=1S/C17H15ClN2O/c1-11(2)14-5-3-4-6-16(14)20-15-8-7-13(18)9-12(15)10-19-17(20)21/h3-11H,1-2H3. The van der Waals surface area contributed by atoms with Crippen LogP contribution in [0.2, 0.25) is 5.02 Å². The van der Waals surface area contributed by atoms with Crippen molar-refractivity contribution in [2.24, 2.45) is 0 Å². The highest BCUT2D eigenvalue weighted by Crippen LogP contribution is 2.25. The lowest BCUT2D eigenvalue weighted by Crippen LogP contribution is -2.22. The first-order chi connectivity index (χ1) is 10.1. The van der Waals surface area contributed by atoms with Crippen molar-refractivity contribution in [1.29, 1.82) is 0 Å². The molecule has 0 unspecified atom stereocenters.